The molecule has 2 aromatic rings. The topological polar surface area (TPSA) is 60.2 Å². The van der Waals surface area contributed by atoms with Gasteiger partial charge in [-0.25, -0.2) is 10.2 Å². The Kier molecular flexibility index (Phi) is 3.15. The summed E-state index contributed by atoms with van der Waals surface area (Å²) in [5.41, 5.74) is 2.32. The highest BCUT2D eigenvalue weighted by molar-refractivity contribution is 5.37. The van der Waals surface area contributed by atoms with Gasteiger partial charge in [-0.05, 0) is 18.2 Å². The standard InChI is InChI=1S/C11H9F2N3O/c12-7-3-1-4-8(11(7)13)17-10-6-2-5-9(15-10)16-14/h1-6H,14H2,(H,15,16). The van der Waals surface area contributed by atoms with Gasteiger partial charge in [-0.3, -0.25) is 0 Å². The van der Waals surface area contributed by atoms with Crippen LogP contribution in [0.1, 0.15) is 0 Å². The molecule has 2 rings (SSSR count). The van der Waals surface area contributed by atoms with E-state index in [-0.39, 0.29) is 11.6 Å². The second-order valence-electron chi connectivity index (χ2n) is 3.16. The molecule has 0 amide bonds. The van der Waals surface area contributed by atoms with Gasteiger partial charge in [0, 0.05) is 6.07 Å². The van der Waals surface area contributed by atoms with Gasteiger partial charge in [0.25, 0.3) is 0 Å². The van der Waals surface area contributed by atoms with Crippen LogP contribution in [0, 0.1) is 11.6 Å². The molecule has 0 spiro atoms. The van der Waals surface area contributed by atoms with Crippen molar-refractivity contribution in [3.05, 3.63) is 48.0 Å². The molecule has 0 unspecified atom stereocenters. The summed E-state index contributed by atoms with van der Waals surface area (Å²) in [6.45, 7) is 0. The van der Waals surface area contributed by atoms with Crippen molar-refractivity contribution in [3.8, 4) is 11.6 Å². The minimum atomic E-state index is -1.06. The van der Waals surface area contributed by atoms with E-state index < -0.39 is 11.6 Å². The first kappa shape index (κ1) is 11.3. The SMILES string of the molecule is NNc1cccc(Oc2cccc(F)c2F)n1. The third-order valence-corrected chi connectivity index (χ3v) is 2.00. The number of halogens is 2. The zero-order chi connectivity index (χ0) is 12.3. The molecule has 1 aromatic heterocycles. The Balaban J connectivity index is 2.28. The predicted octanol–water partition coefficient (Wildman–Crippen LogP) is 2.44. The predicted molar refractivity (Wildman–Crippen MR) is 58.5 cm³/mol. The van der Waals surface area contributed by atoms with Crippen LogP contribution in [0.5, 0.6) is 11.6 Å². The van der Waals surface area contributed by atoms with Gasteiger partial charge in [-0.1, -0.05) is 12.1 Å². The summed E-state index contributed by atoms with van der Waals surface area (Å²) in [6.07, 6.45) is 0. The first-order valence-electron chi connectivity index (χ1n) is 4.76. The maximum absolute atomic E-state index is 13.3. The highest BCUT2D eigenvalue weighted by Crippen LogP contribution is 2.24. The molecule has 0 aliphatic heterocycles. The van der Waals surface area contributed by atoms with Gasteiger partial charge in [0.1, 0.15) is 5.82 Å². The Morgan fingerprint density at radius 3 is 2.65 bits per heavy atom. The number of nitrogen functional groups attached to an aromatic ring is 1. The normalized spacial score (nSPS) is 10.1. The van der Waals surface area contributed by atoms with Gasteiger partial charge in [0.15, 0.2) is 11.6 Å². The van der Waals surface area contributed by atoms with E-state index in [1.807, 2.05) is 0 Å². The highest BCUT2D eigenvalue weighted by Gasteiger charge is 2.10. The molecule has 0 atom stereocenters. The largest absolute Gasteiger partial charge is 0.436 e. The summed E-state index contributed by atoms with van der Waals surface area (Å²) in [4.78, 5) is 3.91. The number of hydrogen-bond acceptors (Lipinski definition) is 4. The van der Waals surface area contributed by atoms with Crippen molar-refractivity contribution in [3.63, 3.8) is 0 Å². The van der Waals surface area contributed by atoms with Crippen LogP contribution < -0.4 is 16.0 Å². The number of rotatable bonds is 3. The molecule has 0 saturated carbocycles. The molecule has 3 N–H and O–H groups in total. The molecule has 17 heavy (non-hydrogen) atoms. The van der Waals surface area contributed by atoms with Crippen LogP contribution in [-0.2, 0) is 0 Å². The minimum absolute atomic E-state index is 0.116. The minimum Gasteiger partial charge on any atom is -0.436 e. The molecular weight excluding hydrogens is 228 g/mol. The number of ether oxygens (including phenoxy) is 1. The lowest BCUT2D eigenvalue weighted by Gasteiger charge is -2.07. The van der Waals surface area contributed by atoms with Crippen LogP contribution in [0.25, 0.3) is 0 Å². The van der Waals surface area contributed by atoms with E-state index in [1.54, 1.807) is 12.1 Å². The zero-order valence-corrected chi connectivity index (χ0v) is 8.65. The molecule has 88 valence electrons. The number of hydrazine groups is 1. The van der Waals surface area contributed by atoms with Crippen molar-refractivity contribution in [1.29, 1.82) is 0 Å². The first-order valence-corrected chi connectivity index (χ1v) is 4.76. The molecule has 0 radical (unpaired) electrons. The molecule has 1 aromatic carbocycles. The van der Waals surface area contributed by atoms with Crippen LogP contribution in [0.3, 0.4) is 0 Å². The number of nitrogens with two attached hydrogens (primary N) is 1. The van der Waals surface area contributed by atoms with E-state index in [0.29, 0.717) is 5.82 Å². The van der Waals surface area contributed by atoms with Gasteiger partial charge < -0.3 is 10.2 Å². The second-order valence-corrected chi connectivity index (χ2v) is 3.16. The average Bonchev–Trinajstić information content (AvgIpc) is 2.35. The Labute approximate surface area is 96.0 Å². The Bertz CT molecular complexity index is 534. The summed E-state index contributed by atoms with van der Waals surface area (Å²) in [6, 6.07) is 8.39. The van der Waals surface area contributed by atoms with Crippen LogP contribution in [0.15, 0.2) is 36.4 Å². The monoisotopic (exact) mass is 237 g/mol. The summed E-state index contributed by atoms with van der Waals surface area (Å²) >= 11 is 0. The highest BCUT2D eigenvalue weighted by atomic mass is 19.2. The number of anilines is 1. The molecular formula is C11H9F2N3O. The fourth-order valence-corrected chi connectivity index (χ4v) is 1.23. The lowest BCUT2D eigenvalue weighted by atomic mass is 10.3. The van der Waals surface area contributed by atoms with Gasteiger partial charge in [0.05, 0.1) is 0 Å². The zero-order valence-electron chi connectivity index (χ0n) is 8.65. The van der Waals surface area contributed by atoms with Crippen molar-refractivity contribution >= 4 is 5.82 Å². The molecule has 0 saturated heterocycles. The third-order valence-electron chi connectivity index (χ3n) is 2.00. The van der Waals surface area contributed by atoms with Crippen LogP contribution in [-0.4, -0.2) is 4.98 Å². The van der Waals surface area contributed by atoms with Crippen molar-refractivity contribution in [2.45, 2.75) is 0 Å². The van der Waals surface area contributed by atoms with Crippen LogP contribution >= 0.6 is 0 Å². The Hall–Kier alpha value is -2.21. The number of nitrogens with zero attached hydrogens (tertiary/aromatic N) is 1. The van der Waals surface area contributed by atoms with E-state index in [4.69, 9.17) is 10.6 Å². The van der Waals surface area contributed by atoms with E-state index in [2.05, 4.69) is 10.4 Å². The van der Waals surface area contributed by atoms with E-state index >= 15 is 0 Å². The van der Waals surface area contributed by atoms with E-state index in [0.717, 1.165) is 6.07 Å². The summed E-state index contributed by atoms with van der Waals surface area (Å²) in [5.74, 6) is 3.38. The molecule has 0 fully saturated rings. The van der Waals surface area contributed by atoms with Crippen molar-refractivity contribution in [1.82, 2.24) is 4.98 Å². The quantitative estimate of drug-likeness (QED) is 0.635. The molecule has 1 heterocycles. The maximum Gasteiger partial charge on any atom is 0.221 e. The van der Waals surface area contributed by atoms with Crippen molar-refractivity contribution in [2.24, 2.45) is 5.84 Å². The second kappa shape index (κ2) is 4.75. The fourth-order valence-electron chi connectivity index (χ4n) is 1.23. The Morgan fingerprint density at radius 2 is 1.88 bits per heavy atom. The van der Waals surface area contributed by atoms with Crippen LogP contribution in [0.2, 0.25) is 0 Å². The van der Waals surface area contributed by atoms with E-state index in [1.165, 1.54) is 18.2 Å². The number of pyridine rings is 1. The molecule has 4 nitrogen and oxygen atoms in total. The Morgan fingerprint density at radius 1 is 1.12 bits per heavy atom. The van der Waals surface area contributed by atoms with Crippen molar-refractivity contribution in [2.75, 3.05) is 5.43 Å². The third kappa shape index (κ3) is 2.48. The number of aromatic nitrogens is 1. The maximum atomic E-state index is 13.3. The molecule has 0 aliphatic rings. The average molecular weight is 237 g/mol. The van der Waals surface area contributed by atoms with Gasteiger partial charge in [-0.2, -0.15) is 9.37 Å². The van der Waals surface area contributed by atoms with Crippen LogP contribution in [0.4, 0.5) is 14.6 Å². The van der Waals surface area contributed by atoms with Gasteiger partial charge in [0.2, 0.25) is 11.7 Å². The van der Waals surface area contributed by atoms with Crippen molar-refractivity contribution < 1.29 is 13.5 Å². The molecule has 0 bridgehead atoms. The molecule has 6 heteroatoms. The first-order chi connectivity index (χ1) is 8.20. The summed E-state index contributed by atoms with van der Waals surface area (Å²) < 4.78 is 31.3. The number of nitrogens with one attached hydrogen (secondary N) is 1. The van der Waals surface area contributed by atoms with E-state index in [9.17, 15) is 8.78 Å². The summed E-state index contributed by atoms with van der Waals surface area (Å²) in [7, 11) is 0. The lowest BCUT2D eigenvalue weighted by Crippen LogP contribution is -2.08. The smallest absolute Gasteiger partial charge is 0.221 e. The number of hydrogen-bond donors (Lipinski definition) is 2. The lowest BCUT2D eigenvalue weighted by molar-refractivity contribution is 0.406. The molecule has 0 aliphatic carbocycles. The van der Waals surface area contributed by atoms with Gasteiger partial charge in [-0.15, -0.1) is 0 Å². The summed E-state index contributed by atoms with van der Waals surface area (Å²) in [5, 5.41) is 0. The van der Waals surface area contributed by atoms with Gasteiger partial charge >= 0.3 is 0 Å². The number of benzene rings is 1. The fraction of sp³-hybridized carbons (Fsp3) is 0.